The summed E-state index contributed by atoms with van der Waals surface area (Å²) >= 11 is 3.46. The maximum absolute atomic E-state index is 13.5. The standard InChI is InChI=1S/C15H12BrFN2/c1-8-3-10(6-12(17)4-8)15-18-13-7-11(16)5-9(2)14(13)19-15/h3-7H,1-2H3,(H,18,19). The molecular formula is C15H12BrFN2. The minimum Gasteiger partial charge on any atom is -0.338 e. The zero-order valence-electron chi connectivity index (χ0n) is 10.6. The number of aryl methyl sites for hydroxylation is 2. The molecule has 0 bridgehead atoms. The topological polar surface area (TPSA) is 28.7 Å². The van der Waals surface area contributed by atoms with Crippen LogP contribution in [0, 0.1) is 19.7 Å². The molecule has 0 amide bonds. The van der Waals surface area contributed by atoms with E-state index in [2.05, 4.69) is 25.9 Å². The minimum absolute atomic E-state index is 0.242. The van der Waals surface area contributed by atoms with Crippen LogP contribution < -0.4 is 0 Å². The van der Waals surface area contributed by atoms with Crippen LogP contribution in [0.25, 0.3) is 22.4 Å². The highest BCUT2D eigenvalue weighted by molar-refractivity contribution is 9.10. The molecule has 0 radical (unpaired) electrons. The Morgan fingerprint density at radius 1 is 1.11 bits per heavy atom. The summed E-state index contributed by atoms with van der Waals surface area (Å²) in [5, 5.41) is 0. The molecule has 0 saturated heterocycles. The molecule has 4 heteroatoms. The van der Waals surface area contributed by atoms with Gasteiger partial charge in [-0.15, -0.1) is 0 Å². The number of hydrogen-bond acceptors (Lipinski definition) is 1. The van der Waals surface area contributed by atoms with Crippen LogP contribution in [-0.2, 0) is 0 Å². The van der Waals surface area contributed by atoms with Crippen molar-refractivity contribution >= 4 is 27.0 Å². The van der Waals surface area contributed by atoms with Crippen LogP contribution in [0.2, 0.25) is 0 Å². The number of nitrogens with zero attached hydrogens (tertiary/aromatic N) is 1. The molecule has 2 aromatic carbocycles. The first-order valence-electron chi connectivity index (χ1n) is 5.96. The second-order valence-corrected chi connectivity index (χ2v) is 5.64. The van der Waals surface area contributed by atoms with Gasteiger partial charge in [-0.2, -0.15) is 0 Å². The predicted molar refractivity (Wildman–Crippen MR) is 78.7 cm³/mol. The lowest BCUT2D eigenvalue weighted by Gasteiger charge is -1.99. The molecule has 2 nitrogen and oxygen atoms in total. The summed E-state index contributed by atoms with van der Waals surface area (Å²) in [6.07, 6.45) is 0. The Bertz CT molecular complexity index is 757. The molecule has 1 heterocycles. The van der Waals surface area contributed by atoms with Gasteiger partial charge in [0.25, 0.3) is 0 Å². The van der Waals surface area contributed by atoms with Crippen molar-refractivity contribution in [2.75, 3.05) is 0 Å². The highest BCUT2D eigenvalue weighted by Gasteiger charge is 2.09. The Hall–Kier alpha value is -1.68. The van der Waals surface area contributed by atoms with Crippen molar-refractivity contribution in [3.05, 3.63) is 51.7 Å². The van der Waals surface area contributed by atoms with Crippen molar-refractivity contribution in [1.29, 1.82) is 0 Å². The van der Waals surface area contributed by atoms with E-state index in [0.29, 0.717) is 5.82 Å². The third-order valence-electron chi connectivity index (χ3n) is 3.06. The molecule has 0 fully saturated rings. The first-order chi connectivity index (χ1) is 9.02. The lowest BCUT2D eigenvalue weighted by Crippen LogP contribution is -1.85. The van der Waals surface area contributed by atoms with Crippen molar-refractivity contribution in [1.82, 2.24) is 9.97 Å². The molecule has 0 spiro atoms. The summed E-state index contributed by atoms with van der Waals surface area (Å²) in [4.78, 5) is 7.80. The second-order valence-electron chi connectivity index (χ2n) is 4.72. The molecule has 0 aliphatic rings. The van der Waals surface area contributed by atoms with E-state index in [1.165, 1.54) is 12.1 Å². The van der Waals surface area contributed by atoms with Gasteiger partial charge < -0.3 is 4.98 Å². The second kappa shape index (κ2) is 4.46. The number of rotatable bonds is 1. The van der Waals surface area contributed by atoms with E-state index < -0.39 is 0 Å². The molecule has 3 rings (SSSR count). The minimum atomic E-state index is -0.242. The van der Waals surface area contributed by atoms with E-state index in [4.69, 9.17) is 0 Å². The Morgan fingerprint density at radius 3 is 2.63 bits per heavy atom. The van der Waals surface area contributed by atoms with Gasteiger partial charge in [-0.05, 0) is 55.3 Å². The summed E-state index contributed by atoms with van der Waals surface area (Å²) in [6.45, 7) is 3.88. The third-order valence-corrected chi connectivity index (χ3v) is 3.52. The first-order valence-corrected chi connectivity index (χ1v) is 6.75. The van der Waals surface area contributed by atoms with Crippen molar-refractivity contribution < 1.29 is 4.39 Å². The fourth-order valence-corrected chi connectivity index (χ4v) is 2.83. The van der Waals surface area contributed by atoms with Crippen LogP contribution in [-0.4, -0.2) is 9.97 Å². The van der Waals surface area contributed by atoms with Gasteiger partial charge in [0.1, 0.15) is 11.6 Å². The molecule has 3 aromatic rings. The molecule has 0 aliphatic heterocycles. The van der Waals surface area contributed by atoms with Crippen molar-refractivity contribution in [2.24, 2.45) is 0 Å². The predicted octanol–water partition coefficient (Wildman–Crippen LogP) is 4.75. The lowest BCUT2D eigenvalue weighted by molar-refractivity contribution is 0.627. The smallest absolute Gasteiger partial charge is 0.138 e. The number of halogens is 2. The third kappa shape index (κ3) is 2.28. The summed E-state index contributed by atoms with van der Waals surface area (Å²) in [5.41, 5.74) is 4.60. The van der Waals surface area contributed by atoms with Crippen LogP contribution in [0.4, 0.5) is 4.39 Å². The Kier molecular flexibility index (Phi) is 2.90. The molecule has 0 aliphatic carbocycles. The normalized spacial score (nSPS) is 11.2. The largest absolute Gasteiger partial charge is 0.338 e. The summed E-state index contributed by atoms with van der Waals surface area (Å²) in [5.74, 6) is 0.451. The molecule has 0 atom stereocenters. The molecule has 0 saturated carbocycles. The molecule has 1 aromatic heterocycles. The van der Waals surface area contributed by atoms with Crippen LogP contribution in [0.15, 0.2) is 34.8 Å². The number of imidazole rings is 1. The fourth-order valence-electron chi connectivity index (χ4n) is 2.26. The Labute approximate surface area is 118 Å². The van der Waals surface area contributed by atoms with Crippen LogP contribution in [0.1, 0.15) is 11.1 Å². The molecule has 0 unspecified atom stereocenters. The van der Waals surface area contributed by atoms with Gasteiger partial charge in [0.15, 0.2) is 0 Å². The van der Waals surface area contributed by atoms with Crippen molar-refractivity contribution in [3.8, 4) is 11.4 Å². The summed E-state index contributed by atoms with van der Waals surface area (Å²) < 4.78 is 14.5. The number of aromatic amines is 1. The highest BCUT2D eigenvalue weighted by Crippen LogP contribution is 2.26. The summed E-state index contributed by atoms with van der Waals surface area (Å²) in [6, 6.07) is 8.92. The Balaban J connectivity index is 2.23. The van der Waals surface area contributed by atoms with Crippen molar-refractivity contribution in [2.45, 2.75) is 13.8 Å². The Morgan fingerprint density at radius 2 is 1.89 bits per heavy atom. The van der Waals surface area contributed by atoms with Gasteiger partial charge in [-0.3, -0.25) is 0 Å². The van der Waals surface area contributed by atoms with Gasteiger partial charge in [-0.1, -0.05) is 15.9 Å². The zero-order chi connectivity index (χ0) is 13.6. The van der Waals surface area contributed by atoms with E-state index >= 15 is 0 Å². The average Bonchev–Trinajstić information content (AvgIpc) is 2.71. The molecule has 1 N–H and O–H groups in total. The average molecular weight is 319 g/mol. The van der Waals surface area contributed by atoms with Crippen LogP contribution >= 0.6 is 15.9 Å². The van der Waals surface area contributed by atoms with E-state index in [1.54, 1.807) is 0 Å². The zero-order valence-corrected chi connectivity index (χ0v) is 12.2. The summed E-state index contributed by atoms with van der Waals surface area (Å²) in [7, 11) is 0. The highest BCUT2D eigenvalue weighted by atomic mass is 79.9. The van der Waals surface area contributed by atoms with Crippen LogP contribution in [0.3, 0.4) is 0 Å². The monoisotopic (exact) mass is 318 g/mol. The molecule has 19 heavy (non-hydrogen) atoms. The van der Waals surface area contributed by atoms with Crippen molar-refractivity contribution in [3.63, 3.8) is 0 Å². The van der Waals surface area contributed by atoms with Gasteiger partial charge in [0, 0.05) is 10.0 Å². The van der Waals surface area contributed by atoms with Gasteiger partial charge in [0.05, 0.1) is 11.0 Å². The SMILES string of the molecule is Cc1cc(F)cc(-c2nc3c(C)cc(Br)cc3[nH]2)c1. The number of hydrogen-bond donors (Lipinski definition) is 1. The van der Waals surface area contributed by atoms with E-state index in [-0.39, 0.29) is 5.82 Å². The van der Waals surface area contributed by atoms with Gasteiger partial charge >= 0.3 is 0 Å². The van der Waals surface area contributed by atoms with E-state index in [1.807, 2.05) is 32.0 Å². The maximum Gasteiger partial charge on any atom is 0.138 e. The first kappa shape index (κ1) is 12.4. The molecule has 96 valence electrons. The van der Waals surface area contributed by atoms with Gasteiger partial charge in [-0.25, -0.2) is 9.37 Å². The van der Waals surface area contributed by atoms with Gasteiger partial charge in [0.2, 0.25) is 0 Å². The maximum atomic E-state index is 13.5. The van der Waals surface area contributed by atoms with E-state index in [9.17, 15) is 4.39 Å². The number of nitrogens with one attached hydrogen (secondary N) is 1. The van der Waals surface area contributed by atoms with E-state index in [0.717, 1.165) is 32.2 Å². The fraction of sp³-hybridized carbons (Fsp3) is 0.133. The lowest BCUT2D eigenvalue weighted by atomic mass is 10.1. The number of H-pyrrole nitrogens is 1. The number of aromatic nitrogens is 2. The quantitative estimate of drug-likeness (QED) is 0.689. The number of fused-ring (bicyclic) bond motifs is 1. The number of benzene rings is 2. The molecular weight excluding hydrogens is 307 g/mol. The van der Waals surface area contributed by atoms with Crippen LogP contribution in [0.5, 0.6) is 0 Å².